The molecule has 0 aliphatic carbocycles. The third-order valence-electron chi connectivity index (χ3n) is 3.70. The van der Waals surface area contributed by atoms with E-state index in [4.69, 9.17) is 9.84 Å². The molecule has 25 heavy (non-hydrogen) atoms. The molecule has 4 unspecified atom stereocenters. The van der Waals surface area contributed by atoms with E-state index in [1.807, 2.05) is 0 Å². The van der Waals surface area contributed by atoms with Gasteiger partial charge in [0.15, 0.2) is 17.4 Å². The van der Waals surface area contributed by atoms with Crippen LogP contribution in [-0.2, 0) is 14.3 Å². The van der Waals surface area contributed by atoms with Gasteiger partial charge in [0.2, 0.25) is 5.95 Å². The molecule has 1 saturated heterocycles. The van der Waals surface area contributed by atoms with Crippen LogP contribution in [0.5, 0.6) is 0 Å². The first-order chi connectivity index (χ1) is 12.0. The number of aliphatic imine (C=N–C) groups is 1. The first-order valence-electron chi connectivity index (χ1n) is 7.17. The summed E-state index contributed by atoms with van der Waals surface area (Å²) in [5, 5.41) is 29.1. The van der Waals surface area contributed by atoms with Crippen molar-refractivity contribution in [2.24, 2.45) is 4.99 Å². The third-order valence-corrected chi connectivity index (χ3v) is 3.70. The summed E-state index contributed by atoms with van der Waals surface area (Å²) in [6.45, 7) is -0.496. The Balaban J connectivity index is 2.03. The van der Waals surface area contributed by atoms with Gasteiger partial charge in [0.05, 0.1) is 20.0 Å². The number of aromatic amines is 1. The normalized spacial score (nSPS) is 26.6. The molecule has 1 aliphatic heterocycles. The molecule has 12 heteroatoms. The molecule has 0 saturated carbocycles. The number of aliphatic hydroxyl groups is 3. The maximum absolute atomic E-state index is 12.1. The topological polar surface area (TPSA) is 172 Å². The second-order valence-electron chi connectivity index (χ2n) is 5.22. The summed E-state index contributed by atoms with van der Waals surface area (Å²) in [7, 11) is 1.17. The molecule has 0 amide bonds. The van der Waals surface area contributed by atoms with Gasteiger partial charge in [0.1, 0.15) is 24.5 Å². The number of methoxy groups -OCH3 is 1. The molecule has 0 radical (unpaired) electrons. The van der Waals surface area contributed by atoms with Gasteiger partial charge < -0.3 is 24.8 Å². The van der Waals surface area contributed by atoms with Crippen molar-refractivity contribution in [2.45, 2.75) is 24.5 Å². The standard InChI is InChI=1S/C13H15N5O7/c1-24-6(20)2-14-13-16-10-7(11(23)17-13)15-4-18(10)12-9(22)8(21)5(3-19)25-12/h2,4-5,8-9,12,19,21-22H,3H2,1H3,(H,16,17,23)/b14-2+. The maximum atomic E-state index is 12.1. The molecular weight excluding hydrogens is 338 g/mol. The van der Waals surface area contributed by atoms with E-state index in [1.54, 1.807) is 0 Å². The van der Waals surface area contributed by atoms with Crippen molar-refractivity contribution in [1.82, 2.24) is 19.5 Å². The lowest BCUT2D eigenvalue weighted by Crippen LogP contribution is -2.33. The van der Waals surface area contributed by atoms with Gasteiger partial charge in [0.25, 0.3) is 5.56 Å². The predicted octanol–water partition coefficient (Wildman–Crippen LogP) is -2.39. The highest BCUT2D eigenvalue weighted by Gasteiger charge is 2.44. The van der Waals surface area contributed by atoms with Crippen molar-refractivity contribution >= 4 is 29.3 Å². The van der Waals surface area contributed by atoms with Crippen LogP contribution >= 0.6 is 0 Å². The number of fused-ring (bicyclic) bond motifs is 1. The highest BCUT2D eigenvalue weighted by atomic mass is 16.6. The molecule has 4 N–H and O–H groups in total. The Kier molecular flexibility index (Phi) is 4.59. The number of carbonyl (C=O) groups is 1. The summed E-state index contributed by atoms with van der Waals surface area (Å²) >= 11 is 0. The number of carbonyl (C=O) groups excluding carboxylic acids is 1. The average Bonchev–Trinajstić information content (AvgIpc) is 3.15. The van der Waals surface area contributed by atoms with Gasteiger partial charge in [-0.05, 0) is 0 Å². The Morgan fingerprint density at radius 1 is 1.52 bits per heavy atom. The highest BCUT2D eigenvalue weighted by Crippen LogP contribution is 2.30. The van der Waals surface area contributed by atoms with E-state index in [0.717, 1.165) is 6.21 Å². The largest absolute Gasteiger partial charge is 0.465 e. The number of hydrogen-bond donors (Lipinski definition) is 4. The van der Waals surface area contributed by atoms with Gasteiger partial charge >= 0.3 is 5.97 Å². The van der Waals surface area contributed by atoms with Crippen molar-refractivity contribution < 1.29 is 29.6 Å². The molecule has 2 aromatic rings. The molecule has 3 heterocycles. The summed E-state index contributed by atoms with van der Waals surface area (Å²) in [6.07, 6.45) is -2.73. The first-order valence-corrected chi connectivity index (χ1v) is 7.17. The number of nitrogens with one attached hydrogen (secondary N) is 1. The number of rotatable bonds is 4. The van der Waals surface area contributed by atoms with Crippen molar-refractivity contribution in [3.05, 3.63) is 16.7 Å². The second kappa shape index (κ2) is 6.68. The molecule has 1 fully saturated rings. The molecule has 3 rings (SSSR count). The Morgan fingerprint density at radius 3 is 2.92 bits per heavy atom. The Hall–Kier alpha value is -2.67. The summed E-state index contributed by atoms with van der Waals surface area (Å²) < 4.78 is 11.0. The minimum atomic E-state index is -1.36. The van der Waals surface area contributed by atoms with Gasteiger partial charge in [-0.15, -0.1) is 0 Å². The minimum Gasteiger partial charge on any atom is -0.465 e. The number of aromatic nitrogens is 4. The Morgan fingerprint density at radius 2 is 2.28 bits per heavy atom. The van der Waals surface area contributed by atoms with Crippen LogP contribution in [0.25, 0.3) is 11.2 Å². The molecule has 0 spiro atoms. The van der Waals surface area contributed by atoms with Crippen LogP contribution < -0.4 is 5.56 Å². The van der Waals surface area contributed by atoms with Crippen molar-refractivity contribution in [3.8, 4) is 0 Å². The van der Waals surface area contributed by atoms with E-state index in [9.17, 15) is 19.8 Å². The van der Waals surface area contributed by atoms with Gasteiger partial charge in [-0.25, -0.2) is 14.8 Å². The highest BCUT2D eigenvalue weighted by molar-refractivity contribution is 6.23. The third kappa shape index (κ3) is 3.02. The molecule has 1 aliphatic rings. The van der Waals surface area contributed by atoms with Gasteiger partial charge in [0, 0.05) is 0 Å². The fourth-order valence-corrected chi connectivity index (χ4v) is 2.44. The number of aliphatic hydroxyl groups excluding tert-OH is 3. The van der Waals surface area contributed by atoms with Gasteiger partial charge in [-0.2, -0.15) is 4.98 Å². The molecule has 12 nitrogen and oxygen atoms in total. The van der Waals surface area contributed by atoms with E-state index in [0.29, 0.717) is 0 Å². The lowest BCUT2D eigenvalue weighted by atomic mass is 10.1. The van der Waals surface area contributed by atoms with E-state index < -0.39 is 42.7 Å². The SMILES string of the molecule is COC(=O)/C=N/c1nc2c(ncn2C2OC(CO)C(O)C2O)c(=O)[nH]1. The lowest BCUT2D eigenvalue weighted by molar-refractivity contribution is -0.132. The van der Waals surface area contributed by atoms with Crippen molar-refractivity contribution in [3.63, 3.8) is 0 Å². The number of imidazole rings is 1. The smallest absolute Gasteiger partial charge is 0.349 e. The fourth-order valence-electron chi connectivity index (χ4n) is 2.44. The van der Waals surface area contributed by atoms with Gasteiger partial charge in [-0.3, -0.25) is 14.3 Å². The predicted molar refractivity (Wildman–Crippen MR) is 81.3 cm³/mol. The van der Waals surface area contributed by atoms with Crippen LogP contribution in [0, 0.1) is 0 Å². The summed E-state index contributed by atoms with van der Waals surface area (Å²) in [5.41, 5.74) is -0.641. The van der Waals surface area contributed by atoms with Crippen LogP contribution in [0.4, 0.5) is 5.95 Å². The Labute approximate surface area is 139 Å². The molecule has 0 bridgehead atoms. The van der Waals surface area contributed by atoms with Gasteiger partial charge in [-0.1, -0.05) is 0 Å². The Bertz CT molecular complexity index is 875. The van der Waals surface area contributed by atoms with Crippen molar-refractivity contribution in [1.29, 1.82) is 0 Å². The van der Waals surface area contributed by atoms with E-state index >= 15 is 0 Å². The zero-order valence-electron chi connectivity index (χ0n) is 12.9. The molecule has 134 valence electrons. The van der Waals surface area contributed by atoms with Crippen LogP contribution in [0.2, 0.25) is 0 Å². The average molecular weight is 353 g/mol. The van der Waals surface area contributed by atoms with E-state index in [2.05, 4.69) is 24.7 Å². The zero-order valence-corrected chi connectivity index (χ0v) is 12.9. The van der Waals surface area contributed by atoms with Crippen LogP contribution in [0.3, 0.4) is 0 Å². The molecule has 2 aromatic heterocycles. The molecule has 4 atom stereocenters. The number of ether oxygens (including phenoxy) is 2. The molecule has 0 aromatic carbocycles. The van der Waals surface area contributed by atoms with Crippen LogP contribution in [0.15, 0.2) is 16.1 Å². The summed E-state index contributed by atoms with van der Waals surface area (Å²) in [5.74, 6) is -0.920. The zero-order chi connectivity index (χ0) is 18.1. The monoisotopic (exact) mass is 353 g/mol. The summed E-state index contributed by atoms with van der Waals surface area (Å²) in [6, 6.07) is 0. The molecular formula is C13H15N5O7. The fraction of sp³-hybridized carbons (Fsp3) is 0.462. The quantitative estimate of drug-likeness (QED) is 0.345. The lowest BCUT2D eigenvalue weighted by Gasteiger charge is -2.16. The maximum Gasteiger partial charge on any atom is 0.349 e. The van der Waals surface area contributed by atoms with E-state index in [-0.39, 0.29) is 17.1 Å². The second-order valence-corrected chi connectivity index (χ2v) is 5.22. The van der Waals surface area contributed by atoms with Crippen LogP contribution in [-0.4, -0.2) is 79.1 Å². The first kappa shape index (κ1) is 17.2. The minimum absolute atomic E-state index is 0.0237. The van der Waals surface area contributed by atoms with Crippen molar-refractivity contribution in [2.75, 3.05) is 13.7 Å². The summed E-state index contributed by atoms with van der Waals surface area (Å²) in [4.78, 5) is 37.1. The number of hydrogen-bond acceptors (Lipinski definition) is 10. The number of H-pyrrole nitrogens is 1. The number of nitrogens with zero attached hydrogens (tertiary/aromatic N) is 4. The van der Waals surface area contributed by atoms with E-state index in [1.165, 1.54) is 18.0 Å². The number of esters is 1. The van der Waals surface area contributed by atoms with Crippen LogP contribution in [0.1, 0.15) is 6.23 Å².